The maximum absolute atomic E-state index is 12.1. The standard InChI is InChI=1S/C19H15N5O3/c1-12-18(13(2)25)22-16-5-3-4-6-17(16)23(19(22)21-12)20-11-14-7-9-15(10-8-14)24(26)27/h3-11H,1-2H3/b20-11+. The van der Waals surface area contributed by atoms with Crippen molar-refractivity contribution in [3.05, 3.63) is 75.6 Å². The highest BCUT2D eigenvalue weighted by Crippen LogP contribution is 2.24. The van der Waals surface area contributed by atoms with Gasteiger partial charge >= 0.3 is 0 Å². The number of hydrogen-bond acceptors (Lipinski definition) is 5. The van der Waals surface area contributed by atoms with E-state index in [4.69, 9.17) is 0 Å². The quantitative estimate of drug-likeness (QED) is 0.240. The van der Waals surface area contributed by atoms with Crippen molar-refractivity contribution in [2.75, 3.05) is 0 Å². The smallest absolute Gasteiger partial charge is 0.269 e. The lowest BCUT2D eigenvalue weighted by Gasteiger charge is -1.98. The summed E-state index contributed by atoms with van der Waals surface area (Å²) < 4.78 is 3.47. The number of nitro benzene ring substituents is 1. The molecule has 2 aromatic heterocycles. The third-order valence-corrected chi connectivity index (χ3v) is 4.33. The summed E-state index contributed by atoms with van der Waals surface area (Å²) in [6.07, 6.45) is 1.60. The number of carbonyl (C=O) groups excluding carboxylic acids is 1. The molecule has 0 bridgehead atoms. The topological polar surface area (TPSA) is 94.8 Å². The van der Waals surface area contributed by atoms with Gasteiger partial charge in [0.15, 0.2) is 5.78 Å². The van der Waals surface area contributed by atoms with Crippen LogP contribution in [0.5, 0.6) is 0 Å². The second kappa shape index (κ2) is 6.17. The molecular weight excluding hydrogens is 346 g/mol. The lowest BCUT2D eigenvalue weighted by molar-refractivity contribution is -0.384. The van der Waals surface area contributed by atoms with Crippen molar-refractivity contribution in [3.63, 3.8) is 0 Å². The van der Waals surface area contributed by atoms with E-state index in [2.05, 4.69) is 10.1 Å². The van der Waals surface area contributed by atoms with Crippen LogP contribution in [0.4, 0.5) is 5.69 Å². The number of imidazole rings is 2. The molecule has 0 atom stereocenters. The average Bonchev–Trinajstić information content (AvgIpc) is 3.13. The van der Waals surface area contributed by atoms with Crippen LogP contribution in [-0.2, 0) is 0 Å². The van der Waals surface area contributed by atoms with Crippen molar-refractivity contribution in [2.45, 2.75) is 13.8 Å². The Hall–Kier alpha value is -3.81. The number of nitro groups is 1. The highest BCUT2D eigenvalue weighted by atomic mass is 16.6. The normalized spacial score (nSPS) is 11.6. The first kappa shape index (κ1) is 16.6. The monoisotopic (exact) mass is 361 g/mol. The number of hydrogen-bond donors (Lipinski definition) is 0. The van der Waals surface area contributed by atoms with Crippen molar-refractivity contribution in [1.82, 2.24) is 14.1 Å². The third-order valence-electron chi connectivity index (χ3n) is 4.33. The number of rotatable bonds is 4. The summed E-state index contributed by atoms with van der Waals surface area (Å²) in [5, 5.41) is 15.3. The first-order chi connectivity index (χ1) is 13.0. The van der Waals surface area contributed by atoms with Crippen LogP contribution in [0.3, 0.4) is 0 Å². The van der Waals surface area contributed by atoms with E-state index in [9.17, 15) is 14.9 Å². The van der Waals surface area contributed by atoms with Crippen molar-refractivity contribution in [1.29, 1.82) is 0 Å². The van der Waals surface area contributed by atoms with Gasteiger partial charge in [0.25, 0.3) is 5.69 Å². The molecule has 4 aromatic rings. The number of fused-ring (bicyclic) bond motifs is 3. The Morgan fingerprint density at radius 2 is 1.81 bits per heavy atom. The molecule has 0 spiro atoms. The number of carbonyl (C=O) groups is 1. The Morgan fingerprint density at radius 1 is 1.15 bits per heavy atom. The summed E-state index contributed by atoms with van der Waals surface area (Å²) in [4.78, 5) is 26.9. The van der Waals surface area contributed by atoms with Gasteiger partial charge < -0.3 is 0 Å². The second-order valence-electron chi connectivity index (χ2n) is 6.13. The molecule has 0 fully saturated rings. The van der Waals surface area contributed by atoms with E-state index in [0.717, 1.165) is 11.0 Å². The number of para-hydroxylation sites is 2. The molecule has 0 aliphatic heterocycles. The van der Waals surface area contributed by atoms with E-state index < -0.39 is 4.92 Å². The molecule has 0 aliphatic carbocycles. The van der Waals surface area contributed by atoms with Crippen LogP contribution in [0.15, 0.2) is 53.6 Å². The molecule has 4 rings (SSSR count). The number of ketones is 1. The van der Waals surface area contributed by atoms with Crippen molar-refractivity contribution in [3.8, 4) is 0 Å². The zero-order valence-electron chi connectivity index (χ0n) is 14.7. The minimum atomic E-state index is -0.444. The highest BCUT2D eigenvalue weighted by molar-refractivity contribution is 5.97. The molecule has 0 unspecified atom stereocenters. The zero-order valence-corrected chi connectivity index (χ0v) is 14.7. The van der Waals surface area contributed by atoms with Gasteiger partial charge in [-0.15, -0.1) is 0 Å². The second-order valence-corrected chi connectivity index (χ2v) is 6.13. The van der Waals surface area contributed by atoms with E-state index in [1.165, 1.54) is 19.1 Å². The number of non-ortho nitro benzene ring substituents is 1. The Kier molecular flexibility index (Phi) is 3.80. The molecule has 0 radical (unpaired) electrons. The number of aryl methyl sites for hydroxylation is 1. The van der Waals surface area contributed by atoms with E-state index >= 15 is 0 Å². The van der Waals surface area contributed by atoms with E-state index in [1.807, 2.05) is 24.3 Å². The van der Waals surface area contributed by atoms with Crippen LogP contribution >= 0.6 is 0 Å². The predicted octanol–water partition coefficient (Wildman–Crippen LogP) is 3.59. The van der Waals surface area contributed by atoms with Gasteiger partial charge in [-0.3, -0.25) is 19.3 Å². The number of aromatic nitrogens is 3. The molecule has 8 heteroatoms. The summed E-state index contributed by atoms with van der Waals surface area (Å²) >= 11 is 0. The lowest BCUT2D eigenvalue weighted by atomic mass is 10.2. The van der Waals surface area contributed by atoms with Gasteiger partial charge in [-0.1, -0.05) is 12.1 Å². The summed E-state index contributed by atoms with van der Waals surface area (Å²) in [6, 6.07) is 13.7. The summed E-state index contributed by atoms with van der Waals surface area (Å²) in [5.41, 5.74) is 3.55. The first-order valence-corrected chi connectivity index (χ1v) is 8.25. The number of benzene rings is 2. The van der Waals surface area contributed by atoms with Crippen molar-refractivity contribution in [2.24, 2.45) is 5.10 Å². The molecule has 134 valence electrons. The molecule has 2 aromatic carbocycles. The van der Waals surface area contributed by atoms with Crippen LogP contribution in [0, 0.1) is 17.0 Å². The maximum Gasteiger partial charge on any atom is 0.269 e. The van der Waals surface area contributed by atoms with E-state index in [0.29, 0.717) is 22.7 Å². The van der Waals surface area contributed by atoms with E-state index in [1.54, 1.807) is 34.3 Å². The van der Waals surface area contributed by atoms with E-state index in [-0.39, 0.29) is 11.5 Å². The molecule has 2 heterocycles. The van der Waals surface area contributed by atoms with Crippen LogP contribution in [0.25, 0.3) is 16.8 Å². The van der Waals surface area contributed by atoms with Gasteiger partial charge in [-0.05, 0) is 36.8 Å². The van der Waals surface area contributed by atoms with Gasteiger partial charge in [0.1, 0.15) is 5.69 Å². The molecule has 0 saturated carbocycles. The minimum Gasteiger partial charge on any atom is -0.293 e. The average molecular weight is 361 g/mol. The Bertz CT molecular complexity index is 1230. The SMILES string of the molecule is CC(=O)c1c(C)nc2n(/N=C/c3ccc([N+](=O)[O-])cc3)c3ccccc3n12. The third kappa shape index (κ3) is 2.67. The zero-order chi connectivity index (χ0) is 19.1. The highest BCUT2D eigenvalue weighted by Gasteiger charge is 2.20. The first-order valence-electron chi connectivity index (χ1n) is 8.25. The van der Waals surface area contributed by atoms with Crippen molar-refractivity contribution >= 4 is 34.5 Å². The van der Waals surface area contributed by atoms with Gasteiger partial charge in [0, 0.05) is 19.1 Å². The van der Waals surface area contributed by atoms with Gasteiger partial charge in [-0.2, -0.15) is 9.78 Å². The fourth-order valence-electron chi connectivity index (χ4n) is 3.16. The Labute approximate surface area is 153 Å². The van der Waals surface area contributed by atoms with Gasteiger partial charge in [0.2, 0.25) is 5.78 Å². The van der Waals surface area contributed by atoms with Crippen molar-refractivity contribution < 1.29 is 9.72 Å². The molecule has 0 saturated heterocycles. The number of Topliss-reactive ketones (excluding diaryl/α,β-unsaturated/α-hetero) is 1. The Morgan fingerprint density at radius 3 is 2.44 bits per heavy atom. The molecular formula is C19H15N5O3. The lowest BCUT2D eigenvalue weighted by Crippen LogP contribution is -1.99. The van der Waals surface area contributed by atoms with Crippen LogP contribution in [-0.4, -0.2) is 31.0 Å². The Balaban J connectivity index is 1.89. The predicted molar refractivity (Wildman–Crippen MR) is 102 cm³/mol. The van der Waals surface area contributed by atoms with Crippen LogP contribution in [0.2, 0.25) is 0 Å². The van der Waals surface area contributed by atoms with Gasteiger partial charge in [0.05, 0.1) is 27.9 Å². The molecule has 27 heavy (non-hydrogen) atoms. The maximum atomic E-state index is 12.1. The fourth-order valence-corrected chi connectivity index (χ4v) is 3.16. The largest absolute Gasteiger partial charge is 0.293 e. The molecule has 0 amide bonds. The summed E-state index contributed by atoms with van der Waals surface area (Å²) in [7, 11) is 0. The van der Waals surface area contributed by atoms with Crippen LogP contribution in [0.1, 0.15) is 28.7 Å². The minimum absolute atomic E-state index is 0.0240. The molecule has 8 nitrogen and oxygen atoms in total. The summed E-state index contributed by atoms with van der Waals surface area (Å²) in [5.74, 6) is 0.472. The fraction of sp³-hybridized carbons (Fsp3) is 0.105. The van der Waals surface area contributed by atoms with Gasteiger partial charge in [-0.25, -0.2) is 4.98 Å². The molecule has 0 N–H and O–H groups in total. The summed E-state index contributed by atoms with van der Waals surface area (Å²) in [6.45, 7) is 3.31. The molecule has 0 aliphatic rings. The van der Waals surface area contributed by atoms with Crippen LogP contribution < -0.4 is 0 Å². The number of nitrogens with zero attached hydrogens (tertiary/aromatic N) is 5.